The Balaban J connectivity index is 1.45. The van der Waals surface area contributed by atoms with Crippen molar-refractivity contribution in [3.63, 3.8) is 0 Å². The number of rotatable bonds is 7. The lowest BCUT2D eigenvalue weighted by Gasteiger charge is -2.48. The molecule has 32 heavy (non-hydrogen) atoms. The summed E-state index contributed by atoms with van der Waals surface area (Å²) in [7, 11) is 0. The summed E-state index contributed by atoms with van der Waals surface area (Å²) in [5.74, 6) is 0.0410. The molecule has 3 rings (SSSR count). The van der Waals surface area contributed by atoms with Gasteiger partial charge >= 0.3 is 0 Å². The zero-order chi connectivity index (χ0) is 23.4. The van der Waals surface area contributed by atoms with E-state index < -0.39 is 0 Å². The maximum absolute atomic E-state index is 12.6. The Kier molecular flexibility index (Phi) is 7.79. The first-order valence-electron chi connectivity index (χ1n) is 12.0. The van der Waals surface area contributed by atoms with Crippen LogP contribution < -0.4 is 10.6 Å². The predicted octanol–water partition coefficient (Wildman–Crippen LogP) is 1.78. The third-order valence-corrected chi connectivity index (χ3v) is 7.63. The van der Waals surface area contributed by atoms with Crippen LogP contribution in [0.1, 0.15) is 65.7 Å². The normalized spacial score (nSPS) is 31.8. The van der Waals surface area contributed by atoms with E-state index >= 15 is 0 Å². The Bertz CT molecular complexity index is 782. The smallest absolute Gasteiger partial charge is 0.237 e. The van der Waals surface area contributed by atoms with E-state index in [0.29, 0.717) is 13.1 Å². The van der Waals surface area contributed by atoms with Crippen molar-refractivity contribution < 1.29 is 9.59 Å². The Labute approximate surface area is 192 Å². The molecule has 0 spiro atoms. The predicted molar refractivity (Wildman–Crippen MR) is 121 cm³/mol. The molecule has 176 valence electrons. The van der Waals surface area contributed by atoms with Crippen LogP contribution >= 0.6 is 0 Å². The Morgan fingerprint density at radius 2 is 1.50 bits per heavy atom. The van der Waals surface area contributed by atoms with Crippen molar-refractivity contribution in [2.45, 2.75) is 83.8 Å². The first kappa shape index (κ1) is 24.5. The lowest BCUT2D eigenvalue weighted by Crippen LogP contribution is -2.53. The molecule has 2 saturated heterocycles. The molecule has 1 saturated carbocycles. The summed E-state index contributed by atoms with van der Waals surface area (Å²) < 4.78 is 0. The molecule has 1 aliphatic carbocycles. The third-order valence-electron chi connectivity index (χ3n) is 7.63. The lowest BCUT2D eigenvalue weighted by atomic mass is 9.62. The highest BCUT2D eigenvalue weighted by Gasteiger charge is 2.43. The number of hydrogen-bond donors (Lipinski definition) is 2. The topological polar surface area (TPSA) is 112 Å². The van der Waals surface area contributed by atoms with Gasteiger partial charge in [0.15, 0.2) is 0 Å². The number of carbonyl (C=O) groups excluding carboxylic acids is 2. The van der Waals surface area contributed by atoms with Crippen molar-refractivity contribution in [3.8, 4) is 12.1 Å². The Morgan fingerprint density at radius 3 is 2.03 bits per heavy atom. The molecule has 0 radical (unpaired) electrons. The number of likely N-dealkylation sites (tertiary alicyclic amines) is 2. The van der Waals surface area contributed by atoms with Crippen molar-refractivity contribution in [2.75, 3.05) is 32.7 Å². The van der Waals surface area contributed by atoms with Crippen molar-refractivity contribution in [1.82, 2.24) is 20.4 Å². The molecule has 3 aliphatic rings. The van der Waals surface area contributed by atoms with Crippen LogP contribution in [0, 0.1) is 33.5 Å². The zero-order valence-corrected chi connectivity index (χ0v) is 19.8. The van der Waals surface area contributed by atoms with Gasteiger partial charge in [-0.15, -0.1) is 0 Å². The lowest BCUT2D eigenvalue weighted by molar-refractivity contribution is -0.131. The Hall–Kier alpha value is -2.16. The van der Waals surface area contributed by atoms with E-state index in [4.69, 9.17) is 0 Å². The first-order chi connectivity index (χ1) is 15.2. The Morgan fingerprint density at radius 1 is 0.938 bits per heavy atom. The quantitative estimate of drug-likeness (QED) is 0.622. The maximum atomic E-state index is 12.6. The molecule has 2 N–H and O–H groups in total. The number of hydrogen-bond acceptors (Lipinski definition) is 6. The summed E-state index contributed by atoms with van der Waals surface area (Å²) in [4.78, 5) is 28.5. The van der Waals surface area contributed by atoms with Crippen molar-refractivity contribution >= 4 is 11.8 Å². The average molecular weight is 443 g/mol. The van der Waals surface area contributed by atoms with Gasteiger partial charge in [0.25, 0.3) is 0 Å². The van der Waals surface area contributed by atoms with Crippen LogP contribution in [-0.4, -0.2) is 72.5 Å². The summed E-state index contributed by atoms with van der Waals surface area (Å²) in [6.07, 6.45) is 6.33. The molecule has 8 nitrogen and oxygen atoms in total. The second-order valence-corrected chi connectivity index (χ2v) is 10.8. The third kappa shape index (κ3) is 5.60. The highest BCUT2D eigenvalue weighted by atomic mass is 16.2. The van der Waals surface area contributed by atoms with Crippen molar-refractivity contribution in [1.29, 1.82) is 10.5 Å². The SMILES string of the molecule is CC1(CNCC(=O)N2CCCC2C#N)CCC(NCC(=O)N2CCCC2C#N)C(C)(C)C1. The fourth-order valence-electron chi connectivity index (χ4n) is 6.01. The maximum Gasteiger partial charge on any atom is 0.237 e. The van der Waals surface area contributed by atoms with Crippen molar-refractivity contribution in [2.24, 2.45) is 10.8 Å². The molecule has 2 amide bonds. The molecule has 2 aliphatic heterocycles. The van der Waals surface area contributed by atoms with Gasteiger partial charge in [0, 0.05) is 25.7 Å². The van der Waals surface area contributed by atoms with E-state index in [-0.39, 0.29) is 53.9 Å². The fourth-order valence-corrected chi connectivity index (χ4v) is 6.01. The molecule has 0 bridgehead atoms. The first-order valence-corrected chi connectivity index (χ1v) is 12.0. The number of nitrogens with zero attached hydrogens (tertiary/aromatic N) is 4. The molecule has 3 fully saturated rings. The van der Waals surface area contributed by atoms with E-state index in [9.17, 15) is 20.1 Å². The van der Waals surface area contributed by atoms with Gasteiger partial charge in [-0.1, -0.05) is 20.8 Å². The van der Waals surface area contributed by atoms with Gasteiger partial charge in [0.05, 0.1) is 25.2 Å². The molecular formula is C24H38N6O2. The summed E-state index contributed by atoms with van der Waals surface area (Å²) in [5.41, 5.74) is 0.0892. The van der Waals surface area contributed by atoms with Crippen molar-refractivity contribution in [3.05, 3.63) is 0 Å². The van der Waals surface area contributed by atoms with Gasteiger partial charge in [-0.2, -0.15) is 10.5 Å². The van der Waals surface area contributed by atoms with Gasteiger partial charge in [-0.3, -0.25) is 9.59 Å². The minimum Gasteiger partial charge on any atom is -0.326 e. The number of nitriles is 2. The van der Waals surface area contributed by atoms with Crippen LogP contribution in [0.5, 0.6) is 0 Å². The van der Waals surface area contributed by atoms with Gasteiger partial charge in [-0.25, -0.2) is 0 Å². The van der Waals surface area contributed by atoms with Crippen LogP contribution in [-0.2, 0) is 9.59 Å². The van der Waals surface area contributed by atoms with Gasteiger partial charge < -0.3 is 20.4 Å². The van der Waals surface area contributed by atoms with E-state index in [2.05, 4.69) is 43.5 Å². The van der Waals surface area contributed by atoms with E-state index in [1.165, 1.54) is 0 Å². The molecule has 2 heterocycles. The van der Waals surface area contributed by atoms with Gasteiger partial charge in [-0.05, 0) is 55.8 Å². The standard InChI is InChI=1S/C24H38N6O2/c1-23(2)16-24(3,17-27-14-21(31)29-10-4-6-18(29)12-25)9-8-20(23)28-15-22(32)30-11-5-7-19(30)13-26/h18-20,27-28H,4-11,14-17H2,1-3H3. The molecule has 0 aromatic carbocycles. The van der Waals surface area contributed by atoms with Crippen LogP contribution in [0.25, 0.3) is 0 Å². The van der Waals surface area contributed by atoms with E-state index in [1.54, 1.807) is 9.80 Å². The van der Waals surface area contributed by atoms with E-state index in [1.807, 2.05) is 0 Å². The molecule has 8 heteroatoms. The van der Waals surface area contributed by atoms with Crippen LogP contribution in [0.2, 0.25) is 0 Å². The molecule has 4 unspecified atom stereocenters. The highest BCUT2D eigenvalue weighted by Crippen LogP contribution is 2.45. The molecule has 0 aromatic rings. The van der Waals surface area contributed by atoms with Crippen LogP contribution in [0.3, 0.4) is 0 Å². The van der Waals surface area contributed by atoms with E-state index in [0.717, 1.165) is 51.5 Å². The number of amides is 2. The largest absolute Gasteiger partial charge is 0.326 e. The van der Waals surface area contributed by atoms with Gasteiger partial charge in [0.2, 0.25) is 11.8 Å². The van der Waals surface area contributed by atoms with Crippen LogP contribution in [0.15, 0.2) is 0 Å². The summed E-state index contributed by atoms with van der Waals surface area (Å²) >= 11 is 0. The summed E-state index contributed by atoms with van der Waals surface area (Å²) in [5, 5.41) is 25.3. The second-order valence-electron chi connectivity index (χ2n) is 10.8. The van der Waals surface area contributed by atoms with Crippen LogP contribution in [0.4, 0.5) is 0 Å². The summed E-state index contributed by atoms with van der Waals surface area (Å²) in [6, 6.07) is 4.16. The minimum absolute atomic E-state index is 0.0134. The number of carbonyl (C=O) groups is 2. The average Bonchev–Trinajstić information content (AvgIpc) is 3.41. The zero-order valence-electron chi connectivity index (χ0n) is 19.8. The highest BCUT2D eigenvalue weighted by molar-refractivity contribution is 5.79. The molecule has 0 aromatic heterocycles. The second kappa shape index (κ2) is 10.2. The fraction of sp³-hybridized carbons (Fsp3) is 0.833. The monoisotopic (exact) mass is 442 g/mol. The molecular weight excluding hydrogens is 404 g/mol. The molecule has 4 atom stereocenters. The van der Waals surface area contributed by atoms with Gasteiger partial charge in [0.1, 0.15) is 12.1 Å². The summed E-state index contributed by atoms with van der Waals surface area (Å²) in [6.45, 7) is 9.44. The minimum atomic E-state index is -0.273. The number of nitrogens with one attached hydrogen (secondary N) is 2.